The minimum Gasteiger partial charge on any atom is -0.454 e. The van der Waals surface area contributed by atoms with Gasteiger partial charge < -0.3 is 25.0 Å². The molecule has 2 aliphatic rings. The molecule has 1 aromatic carbocycles. The smallest absolute Gasteiger partial charge is 0.231 e. The Balaban J connectivity index is 1.28. The van der Waals surface area contributed by atoms with Crippen LogP contribution in [0.4, 0.5) is 11.4 Å². The molecule has 0 radical (unpaired) electrons. The number of aromatic nitrogens is 2. The van der Waals surface area contributed by atoms with Gasteiger partial charge in [-0.25, -0.2) is 0 Å². The second-order valence-corrected chi connectivity index (χ2v) is 6.02. The van der Waals surface area contributed by atoms with E-state index in [1.54, 1.807) is 12.1 Å². The van der Waals surface area contributed by atoms with Crippen LogP contribution in [0.3, 0.4) is 0 Å². The third-order valence-corrected chi connectivity index (χ3v) is 4.04. The lowest BCUT2D eigenvalue weighted by atomic mass is 10.2. The number of nitrogens with zero attached hydrogens (tertiary/aromatic N) is 2. The van der Waals surface area contributed by atoms with Crippen molar-refractivity contribution in [3.8, 4) is 11.5 Å². The summed E-state index contributed by atoms with van der Waals surface area (Å²) in [6, 6.07) is 3.32. The van der Waals surface area contributed by atoms with Gasteiger partial charge in [-0.2, -0.15) is 4.98 Å². The predicted octanol–water partition coefficient (Wildman–Crippen LogP) is 2.22. The van der Waals surface area contributed by atoms with E-state index in [0.717, 1.165) is 18.7 Å². The van der Waals surface area contributed by atoms with Gasteiger partial charge in [0.15, 0.2) is 17.3 Å². The van der Waals surface area contributed by atoms with E-state index in [9.17, 15) is 4.79 Å². The molecule has 0 atom stereocenters. The summed E-state index contributed by atoms with van der Waals surface area (Å²) in [5.74, 6) is 2.91. The molecule has 0 unspecified atom stereocenters. The number of aryl methyl sites for hydroxylation is 1. The van der Waals surface area contributed by atoms with Crippen LogP contribution >= 0.6 is 0 Å². The lowest BCUT2D eigenvalue weighted by Gasteiger charge is -2.09. The van der Waals surface area contributed by atoms with Gasteiger partial charge in [0, 0.05) is 30.9 Å². The lowest BCUT2D eigenvalue weighted by molar-refractivity contribution is -0.116. The van der Waals surface area contributed by atoms with Gasteiger partial charge in [-0.15, -0.1) is 0 Å². The Morgan fingerprint density at radius 3 is 2.88 bits per heavy atom. The first-order valence-corrected chi connectivity index (χ1v) is 8.00. The van der Waals surface area contributed by atoms with Crippen molar-refractivity contribution in [3.63, 3.8) is 0 Å². The van der Waals surface area contributed by atoms with E-state index < -0.39 is 0 Å². The second kappa shape index (κ2) is 6.03. The van der Waals surface area contributed by atoms with Crippen molar-refractivity contribution < 1.29 is 18.8 Å². The van der Waals surface area contributed by atoms with Crippen LogP contribution in [0.15, 0.2) is 16.7 Å². The molecule has 0 bridgehead atoms. The Bertz CT molecular complexity index is 769. The van der Waals surface area contributed by atoms with Crippen LogP contribution in [-0.2, 0) is 11.2 Å². The second-order valence-electron chi connectivity index (χ2n) is 6.02. The van der Waals surface area contributed by atoms with Gasteiger partial charge in [0.1, 0.15) is 0 Å². The van der Waals surface area contributed by atoms with Gasteiger partial charge in [0.2, 0.25) is 18.6 Å². The molecule has 8 heteroatoms. The van der Waals surface area contributed by atoms with Gasteiger partial charge in [0.25, 0.3) is 0 Å². The highest BCUT2D eigenvalue weighted by molar-refractivity contribution is 5.94. The first kappa shape index (κ1) is 14.8. The van der Waals surface area contributed by atoms with E-state index in [2.05, 4.69) is 15.5 Å². The minimum atomic E-state index is -0.123. The van der Waals surface area contributed by atoms with E-state index in [-0.39, 0.29) is 12.7 Å². The highest BCUT2D eigenvalue weighted by Gasteiger charge is 2.28. The van der Waals surface area contributed by atoms with Crippen molar-refractivity contribution >= 4 is 17.3 Å². The van der Waals surface area contributed by atoms with Gasteiger partial charge >= 0.3 is 0 Å². The number of carbonyl (C=O) groups excluding carboxylic acids is 1. The fourth-order valence-electron chi connectivity index (χ4n) is 2.56. The molecule has 1 aliphatic heterocycles. The van der Waals surface area contributed by atoms with E-state index >= 15 is 0 Å². The summed E-state index contributed by atoms with van der Waals surface area (Å²) in [5.41, 5.74) is 6.88. The number of anilines is 2. The molecule has 1 saturated carbocycles. The molecular formula is C16H18N4O4. The summed E-state index contributed by atoms with van der Waals surface area (Å²) < 4.78 is 15.7. The summed E-state index contributed by atoms with van der Waals surface area (Å²) >= 11 is 0. The zero-order chi connectivity index (χ0) is 16.5. The molecule has 4 rings (SSSR count). The van der Waals surface area contributed by atoms with Crippen LogP contribution in [0.2, 0.25) is 0 Å². The molecule has 1 aromatic heterocycles. The summed E-state index contributed by atoms with van der Waals surface area (Å²) in [6.45, 7) is 0.166. The molecule has 0 saturated heterocycles. The summed E-state index contributed by atoms with van der Waals surface area (Å²) in [6.07, 6.45) is 3.83. The van der Waals surface area contributed by atoms with Crippen LogP contribution in [0.1, 0.15) is 43.3 Å². The van der Waals surface area contributed by atoms with Gasteiger partial charge in [-0.05, 0) is 19.3 Å². The van der Waals surface area contributed by atoms with Crippen LogP contribution < -0.4 is 20.5 Å². The first-order valence-electron chi connectivity index (χ1n) is 8.00. The van der Waals surface area contributed by atoms with Gasteiger partial charge in [0.05, 0.1) is 11.4 Å². The zero-order valence-corrected chi connectivity index (χ0v) is 13.1. The molecular weight excluding hydrogens is 312 g/mol. The number of fused-ring (bicyclic) bond motifs is 1. The zero-order valence-electron chi connectivity index (χ0n) is 13.1. The molecule has 1 fully saturated rings. The van der Waals surface area contributed by atoms with Crippen molar-refractivity contribution in [1.82, 2.24) is 10.1 Å². The third-order valence-electron chi connectivity index (χ3n) is 4.04. The van der Waals surface area contributed by atoms with Crippen LogP contribution in [0.25, 0.3) is 0 Å². The number of nitrogens with one attached hydrogen (secondary N) is 1. The summed E-state index contributed by atoms with van der Waals surface area (Å²) in [4.78, 5) is 16.4. The Hall–Kier alpha value is -2.77. The standard InChI is InChI=1S/C16H18N4O4/c17-10-6-12-13(23-8-22-12)7-11(10)18-14(21)2-1-3-15-19-16(20-24-15)9-4-5-9/h6-7,9H,1-5,8,17H2,(H,18,21). The molecule has 0 spiro atoms. The number of nitrogens with two attached hydrogens (primary N) is 1. The van der Waals surface area contributed by atoms with E-state index in [1.165, 1.54) is 0 Å². The molecule has 2 heterocycles. The Morgan fingerprint density at radius 2 is 2.08 bits per heavy atom. The monoisotopic (exact) mass is 330 g/mol. The topological polar surface area (TPSA) is 112 Å². The fraction of sp³-hybridized carbons (Fsp3) is 0.438. The lowest BCUT2D eigenvalue weighted by Crippen LogP contribution is -2.13. The Kier molecular flexibility index (Phi) is 3.72. The van der Waals surface area contributed by atoms with Crippen molar-refractivity contribution in [1.29, 1.82) is 0 Å². The number of hydrogen-bond donors (Lipinski definition) is 2. The van der Waals surface area contributed by atoms with Crippen LogP contribution in [-0.4, -0.2) is 22.8 Å². The van der Waals surface area contributed by atoms with Crippen LogP contribution in [0, 0.1) is 0 Å². The molecule has 126 valence electrons. The molecule has 1 aliphatic carbocycles. The largest absolute Gasteiger partial charge is 0.454 e. The van der Waals surface area contributed by atoms with E-state index in [1.807, 2.05) is 0 Å². The quantitative estimate of drug-likeness (QED) is 0.781. The number of hydrogen-bond acceptors (Lipinski definition) is 7. The van der Waals surface area contributed by atoms with Crippen LogP contribution in [0.5, 0.6) is 11.5 Å². The molecule has 1 amide bonds. The Morgan fingerprint density at radius 1 is 1.29 bits per heavy atom. The highest BCUT2D eigenvalue weighted by atomic mass is 16.7. The number of amides is 1. The summed E-state index contributed by atoms with van der Waals surface area (Å²) in [7, 11) is 0. The van der Waals surface area contributed by atoms with E-state index in [4.69, 9.17) is 19.7 Å². The predicted molar refractivity (Wildman–Crippen MR) is 84.8 cm³/mol. The molecule has 2 aromatic rings. The average molecular weight is 330 g/mol. The Labute approximate surface area is 138 Å². The normalized spacial score (nSPS) is 15.5. The molecule has 24 heavy (non-hydrogen) atoms. The van der Waals surface area contributed by atoms with Crippen molar-refractivity contribution in [2.75, 3.05) is 17.8 Å². The third kappa shape index (κ3) is 3.12. The van der Waals surface area contributed by atoms with E-state index in [0.29, 0.717) is 53.9 Å². The first-order chi connectivity index (χ1) is 11.7. The fourth-order valence-corrected chi connectivity index (χ4v) is 2.56. The van der Waals surface area contributed by atoms with Crippen molar-refractivity contribution in [3.05, 3.63) is 23.8 Å². The van der Waals surface area contributed by atoms with Crippen molar-refractivity contribution in [2.24, 2.45) is 0 Å². The SMILES string of the molecule is Nc1cc2c(cc1NC(=O)CCCc1nc(C3CC3)no1)OCO2. The highest BCUT2D eigenvalue weighted by Crippen LogP contribution is 2.39. The summed E-state index contributed by atoms with van der Waals surface area (Å²) in [5, 5.41) is 6.75. The minimum absolute atomic E-state index is 0.123. The van der Waals surface area contributed by atoms with Gasteiger partial charge in [-0.1, -0.05) is 5.16 Å². The average Bonchev–Trinajstić information content (AvgIpc) is 3.13. The number of benzene rings is 1. The number of ether oxygens (including phenoxy) is 2. The molecule has 8 nitrogen and oxygen atoms in total. The number of rotatable bonds is 6. The van der Waals surface area contributed by atoms with Gasteiger partial charge in [-0.3, -0.25) is 4.79 Å². The van der Waals surface area contributed by atoms with Crippen molar-refractivity contribution in [2.45, 2.75) is 38.0 Å². The number of nitrogen functional groups attached to an aromatic ring is 1. The maximum Gasteiger partial charge on any atom is 0.231 e. The maximum atomic E-state index is 12.1. The maximum absolute atomic E-state index is 12.1. The molecule has 3 N–H and O–H groups in total. The number of carbonyl (C=O) groups is 1.